The van der Waals surface area contributed by atoms with Crippen molar-refractivity contribution in [1.82, 2.24) is 0 Å². The molecule has 0 unspecified atom stereocenters. The molecular weight excluding hydrogens is 224 g/mol. The molecule has 0 aliphatic rings. The van der Waals surface area contributed by atoms with Gasteiger partial charge in [-0.15, -0.1) is 0 Å². The third kappa shape index (κ3) is 4.31. The van der Waals surface area contributed by atoms with Crippen molar-refractivity contribution < 1.29 is 14.7 Å². The summed E-state index contributed by atoms with van der Waals surface area (Å²) in [6.45, 7) is 1.42. The summed E-state index contributed by atoms with van der Waals surface area (Å²) in [5.74, 6) is -0.794. The van der Waals surface area contributed by atoms with Gasteiger partial charge in [-0.25, -0.2) is 4.79 Å². The molecule has 0 heterocycles. The average molecular weight is 236 g/mol. The Balaban J connectivity index is 2.81. The predicted molar refractivity (Wildman–Crippen MR) is 65.2 cm³/mol. The van der Waals surface area contributed by atoms with E-state index in [4.69, 9.17) is 5.11 Å². The van der Waals surface area contributed by atoms with E-state index in [0.29, 0.717) is 0 Å². The Labute approximate surface area is 98.2 Å². The number of aliphatic carboxylic acids is 1. The van der Waals surface area contributed by atoms with E-state index in [0.717, 1.165) is 17.3 Å². The number of carbonyl (C=O) groups excluding carboxylic acids is 1. The average Bonchev–Trinajstić information content (AvgIpc) is 2.25. The van der Waals surface area contributed by atoms with Gasteiger partial charge in [0.25, 0.3) is 0 Å². The fourth-order valence-corrected chi connectivity index (χ4v) is 1.66. The summed E-state index contributed by atoms with van der Waals surface area (Å²) in [6, 6.07) is 9.18. The molecule has 0 spiro atoms. The standard InChI is InChI=1S/C12H12O3S/c1-9(13)16-8-11(12(14)15)7-10-5-3-2-4-6-10/h2-7H,8H2,1H3,(H,14,15). The first kappa shape index (κ1) is 12.5. The van der Waals surface area contributed by atoms with Gasteiger partial charge in [0.1, 0.15) is 0 Å². The largest absolute Gasteiger partial charge is 0.478 e. The van der Waals surface area contributed by atoms with E-state index in [9.17, 15) is 9.59 Å². The predicted octanol–water partition coefficient (Wildman–Crippen LogP) is 2.43. The Morgan fingerprint density at radius 1 is 1.31 bits per heavy atom. The van der Waals surface area contributed by atoms with Crippen molar-refractivity contribution in [2.24, 2.45) is 0 Å². The summed E-state index contributed by atoms with van der Waals surface area (Å²) >= 11 is 0.999. The van der Waals surface area contributed by atoms with Crippen molar-refractivity contribution in [3.05, 3.63) is 41.5 Å². The van der Waals surface area contributed by atoms with E-state index in [1.807, 2.05) is 30.3 Å². The van der Waals surface area contributed by atoms with Crippen molar-refractivity contribution in [3.8, 4) is 0 Å². The van der Waals surface area contributed by atoms with Crippen LogP contribution in [-0.4, -0.2) is 21.9 Å². The van der Waals surface area contributed by atoms with Gasteiger partial charge in [0.15, 0.2) is 5.12 Å². The Hall–Kier alpha value is -1.55. The number of hydrogen-bond donors (Lipinski definition) is 1. The van der Waals surface area contributed by atoms with Crippen LogP contribution in [0.1, 0.15) is 12.5 Å². The highest BCUT2D eigenvalue weighted by molar-refractivity contribution is 8.13. The second kappa shape index (κ2) is 6.12. The van der Waals surface area contributed by atoms with E-state index in [2.05, 4.69) is 0 Å². The maximum atomic E-state index is 10.9. The number of carboxylic acid groups (broad SMARTS) is 1. The quantitative estimate of drug-likeness (QED) is 0.816. The Morgan fingerprint density at radius 2 is 1.94 bits per heavy atom. The van der Waals surface area contributed by atoms with E-state index in [-0.39, 0.29) is 16.4 Å². The highest BCUT2D eigenvalue weighted by Gasteiger charge is 2.08. The molecule has 0 saturated heterocycles. The van der Waals surface area contributed by atoms with Crippen LogP contribution in [0.15, 0.2) is 35.9 Å². The third-order valence-corrected chi connectivity index (χ3v) is 2.71. The maximum Gasteiger partial charge on any atom is 0.332 e. The minimum Gasteiger partial charge on any atom is -0.478 e. The molecule has 16 heavy (non-hydrogen) atoms. The molecule has 0 amide bonds. The van der Waals surface area contributed by atoms with Crippen molar-refractivity contribution in [2.45, 2.75) is 6.92 Å². The summed E-state index contributed by atoms with van der Waals surface area (Å²) < 4.78 is 0. The van der Waals surface area contributed by atoms with Gasteiger partial charge in [-0.3, -0.25) is 4.79 Å². The number of rotatable bonds is 4. The highest BCUT2D eigenvalue weighted by atomic mass is 32.2. The lowest BCUT2D eigenvalue weighted by atomic mass is 10.1. The molecule has 0 aromatic heterocycles. The molecule has 0 radical (unpaired) electrons. The lowest BCUT2D eigenvalue weighted by Crippen LogP contribution is -2.04. The lowest BCUT2D eigenvalue weighted by Gasteiger charge is -2.00. The van der Waals surface area contributed by atoms with Crippen LogP contribution in [-0.2, 0) is 9.59 Å². The number of carboxylic acids is 1. The van der Waals surface area contributed by atoms with Gasteiger partial charge in [-0.2, -0.15) is 0 Å². The molecule has 4 heteroatoms. The van der Waals surface area contributed by atoms with Gasteiger partial charge < -0.3 is 5.11 Å². The minimum atomic E-state index is -0.988. The minimum absolute atomic E-state index is 0.0831. The number of thioether (sulfide) groups is 1. The summed E-state index contributed by atoms with van der Waals surface area (Å²) in [7, 11) is 0. The second-order valence-electron chi connectivity index (χ2n) is 3.17. The second-order valence-corrected chi connectivity index (χ2v) is 4.32. The molecule has 1 aromatic rings. The fraction of sp³-hybridized carbons (Fsp3) is 0.167. The fourth-order valence-electron chi connectivity index (χ4n) is 1.09. The van der Waals surface area contributed by atoms with Gasteiger partial charge in [0.2, 0.25) is 0 Å². The monoisotopic (exact) mass is 236 g/mol. The third-order valence-electron chi connectivity index (χ3n) is 1.85. The number of hydrogen-bond acceptors (Lipinski definition) is 3. The summed E-state index contributed by atoms with van der Waals surface area (Å²) in [4.78, 5) is 21.7. The summed E-state index contributed by atoms with van der Waals surface area (Å²) in [6.07, 6.45) is 1.58. The maximum absolute atomic E-state index is 10.9. The molecule has 0 fully saturated rings. The van der Waals surface area contributed by atoms with Crippen molar-refractivity contribution >= 4 is 28.9 Å². The SMILES string of the molecule is CC(=O)SCC(=Cc1ccccc1)C(=O)O. The van der Waals surface area contributed by atoms with Crippen LogP contribution in [0.4, 0.5) is 0 Å². The van der Waals surface area contributed by atoms with Crippen molar-refractivity contribution in [3.63, 3.8) is 0 Å². The zero-order valence-electron chi connectivity index (χ0n) is 8.84. The molecule has 84 valence electrons. The van der Waals surface area contributed by atoms with Crippen LogP contribution >= 0.6 is 11.8 Å². The van der Waals surface area contributed by atoms with Crippen LogP contribution in [0.2, 0.25) is 0 Å². The molecule has 1 rings (SSSR count). The summed E-state index contributed by atoms with van der Waals surface area (Å²) in [5, 5.41) is 8.87. The van der Waals surface area contributed by atoms with Gasteiger partial charge in [-0.1, -0.05) is 42.1 Å². The highest BCUT2D eigenvalue weighted by Crippen LogP contribution is 2.13. The Kier molecular flexibility index (Phi) is 4.79. The zero-order chi connectivity index (χ0) is 12.0. The smallest absolute Gasteiger partial charge is 0.332 e. The molecule has 0 aliphatic heterocycles. The molecule has 1 aromatic carbocycles. The van der Waals surface area contributed by atoms with Gasteiger partial charge >= 0.3 is 5.97 Å². The van der Waals surface area contributed by atoms with Crippen LogP contribution in [0.3, 0.4) is 0 Å². The molecule has 0 aliphatic carbocycles. The van der Waals surface area contributed by atoms with Crippen LogP contribution in [0, 0.1) is 0 Å². The number of carbonyl (C=O) groups is 2. The first-order chi connectivity index (χ1) is 7.59. The van der Waals surface area contributed by atoms with Crippen LogP contribution in [0.5, 0.6) is 0 Å². The normalized spacial score (nSPS) is 11.2. The molecule has 0 saturated carbocycles. The molecule has 0 bridgehead atoms. The van der Waals surface area contributed by atoms with E-state index in [1.165, 1.54) is 6.92 Å². The first-order valence-electron chi connectivity index (χ1n) is 4.72. The topological polar surface area (TPSA) is 54.4 Å². The van der Waals surface area contributed by atoms with Crippen LogP contribution in [0.25, 0.3) is 6.08 Å². The molecule has 3 nitrogen and oxygen atoms in total. The molecule has 1 N–H and O–H groups in total. The van der Waals surface area contributed by atoms with Gasteiger partial charge in [-0.05, 0) is 11.6 Å². The zero-order valence-corrected chi connectivity index (χ0v) is 9.66. The molecular formula is C12H12O3S. The number of benzene rings is 1. The van der Waals surface area contributed by atoms with E-state index < -0.39 is 5.97 Å². The molecule has 0 atom stereocenters. The Morgan fingerprint density at radius 3 is 2.44 bits per heavy atom. The lowest BCUT2D eigenvalue weighted by molar-refractivity contribution is -0.132. The van der Waals surface area contributed by atoms with Gasteiger partial charge in [0, 0.05) is 18.2 Å². The van der Waals surface area contributed by atoms with Gasteiger partial charge in [0.05, 0.1) is 0 Å². The van der Waals surface area contributed by atoms with Crippen molar-refractivity contribution in [2.75, 3.05) is 5.75 Å². The Bertz CT molecular complexity index is 410. The van der Waals surface area contributed by atoms with E-state index in [1.54, 1.807) is 6.08 Å². The summed E-state index contributed by atoms with van der Waals surface area (Å²) in [5.41, 5.74) is 1.05. The van der Waals surface area contributed by atoms with Crippen molar-refractivity contribution in [1.29, 1.82) is 0 Å². The first-order valence-corrected chi connectivity index (χ1v) is 5.70. The van der Waals surface area contributed by atoms with E-state index >= 15 is 0 Å². The van der Waals surface area contributed by atoms with Crippen LogP contribution < -0.4 is 0 Å².